The van der Waals surface area contributed by atoms with Crippen LogP contribution in [0, 0.1) is 17.0 Å². The predicted molar refractivity (Wildman–Crippen MR) is 49.4 cm³/mol. The Hall–Kier alpha value is -1.85. The topological polar surface area (TPSA) is 85.4 Å². The molecule has 0 atom stereocenters. The zero-order valence-corrected chi connectivity index (χ0v) is 7.85. The number of aryl methyl sites for hydroxylation is 1. The van der Waals surface area contributed by atoms with E-state index in [0.717, 1.165) is 4.57 Å². The number of pyridine rings is 1. The summed E-state index contributed by atoms with van der Waals surface area (Å²) in [7, 11) is 0. The molecule has 0 spiro atoms. The SMILES string of the molecule is CCn1c(O)cc(C)c([N+](=O)[O-])c1=O. The van der Waals surface area contributed by atoms with Gasteiger partial charge in [-0.3, -0.25) is 19.5 Å². The molecule has 1 aromatic heterocycles. The molecule has 1 rings (SSSR count). The van der Waals surface area contributed by atoms with Gasteiger partial charge in [0.15, 0.2) is 5.88 Å². The Kier molecular flexibility index (Phi) is 2.55. The third kappa shape index (κ3) is 1.46. The molecule has 0 aliphatic rings. The molecule has 6 nitrogen and oxygen atoms in total. The highest BCUT2D eigenvalue weighted by Gasteiger charge is 2.20. The van der Waals surface area contributed by atoms with E-state index < -0.39 is 16.2 Å². The minimum absolute atomic E-state index is 0.169. The molecule has 1 N–H and O–H groups in total. The molecule has 76 valence electrons. The summed E-state index contributed by atoms with van der Waals surface area (Å²) in [5, 5.41) is 19.9. The van der Waals surface area contributed by atoms with Crippen LogP contribution in [0.1, 0.15) is 12.5 Å². The lowest BCUT2D eigenvalue weighted by atomic mass is 10.2. The molecule has 0 fully saturated rings. The average Bonchev–Trinajstić information content (AvgIpc) is 2.02. The van der Waals surface area contributed by atoms with Crippen molar-refractivity contribution in [3.63, 3.8) is 0 Å². The summed E-state index contributed by atoms with van der Waals surface area (Å²) in [5.41, 5.74) is -1.08. The maximum Gasteiger partial charge on any atom is 0.337 e. The van der Waals surface area contributed by atoms with Crippen molar-refractivity contribution in [3.8, 4) is 5.88 Å². The van der Waals surface area contributed by atoms with Crippen molar-refractivity contribution in [2.75, 3.05) is 0 Å². The molecule has 0 aliphatic carbocycles. The van der Waals surface area contributed by atoms with E-state index in [1.54, 1.807) is 6.92 Å². The molecule has 0 saturated carbocycles. The van der Waals surface area contributed by atoms with Gasteiger partial charge in [-0.1, -0.05) is 0 Å². The largest absolute Gasteiger partial charge is 0.494 e. The van der Waals surface area contributed by atoms with E-state index in [1.165, 1.54) is 13.0 Å². The maximum atomic E-state index is 11.4. The summed E-state index contributed by atoms with van der Waals surface area (Å²) in [4.78, 5) is 21.2. The molecule has 1 aromatic rings. The van der Waals surface area contributed by atoms with Gasteiger partial charge in [0, 0.05) is 18.2 Å². The number of aromatic hydroxyl groups is 1. The molecule has 0 bridgehead atoms. The summed E-state index contributed by atoms with van der Waals surface area (Å²) >= 11 is 0. The number of aromatic nitrogens is 1. The van der Waals surface area contributed by atoms with Crippen LogP contribution in [0.5, 0.6) is 5.88 Å². The number of rotatable bonds is 2. The van der Waals surface area contributed by atoms with Crippen molar-refractivity contribution in [1.29, 1.82) is 0 Å². The van der Waals surface area contributed by atoms with E-state index in [9.17, 15) is 20.0 Å². The second-order valence-corrected chi connectivity index (χ2v) is 2.84. The van der Waals surface area contributed by atoms with Crippen LogP contribution in [0.25, 0.3) is 0 Å². The normalized spacial score (nSPS) is 10.1. The quantitative estimate of drug-likeness (QED) is 0.562. The Balaban J connectivity index is 3.61. The van der Waals surface area contributed by atoms with Gasteiger partial charge in [-0.2, -0.15) is 0 Å². The maximum absolute atomic E-state index is 11.4. The van der Waals surface area contributed by atoms with Crippen LogP contribution >= 0.6 is 0 Å². The fraction of sp³-hybridized carbons (Fsp3) is 0.375. The van der Waals surface area contributed by atoms with Gasteiger partial charge in [0.2, 0.25) is 0 Å². The third-order valence-electron chi connectivity index (χ3n) is 1.94. The Labute approximate surface area is 79.6 Å². The first-order valence-corrected chi connectivity index (χ1v) is 4.06. The molecule has 0 unspecified atom stereocenters. The summed E-state index contributed by atoms with van der Waals surface area (Å²) in [6.45, 7) is 3.24. The Morgan fingerprint density at radius 1 is 1.64 bits per heavy atom. The molecule has 6 heteroatoms. The molecule has 14 heavy (non-hydrogen) atoms. The molecule has 0 saturated heterocycles. The van der Waals surface area contributed by atoms with Crippen LogP contribution in [0.2, 0.25) is 0 Å². The van der Waals surface area contributed by atoms with Crippen molar-refractivity contribution in [2.45, 2.75) is 20.4 Å². The summed E-state index contributed by atoms with van der Waals surface area (Å²) in [6, 6.07) is 1.21. The van der Waals surface area contributed by atoms with Gasteiger partial charge < -0.3 is 5.11 Å². The van der Waals surface area contributed by atoms with Gasteiger partial charge in [-0.25, -0.2) is 0 Å². The zero-order chi connectivity index (χ0) is 10.9. The van der Waals surface area contributed by atoms with Gasteiger partial charge >= 0.3 is 11.2 Å². The number of nitrogens with zero attached hydrogens (tertiary/aromatic N) is 2. The molecular weight excluding hydrogens is 188 g/mol. The molecule has 0 amide bonds. The second kappa shape index (κ2) is 3.49. The van der Waals surface area contributed by atoms with Gasteiger partial charge in [0.25, 0.3) is 0 Å². The first-order chi connectivity index (χ1) is 6.49. The standard InChI is InChI=1S/C8H10N2O4/c1-3-9-6(11)4-5(2)7(8(9)12)10(13)14/h4,11H,3H2,1-2H3. The average molecular weight is 198 g/mol. The lowest BCUT2D eigenvalue weighted by Gasteiger charge is -2.05. The van der Waals surface area contributed by atoms with Crippen LogP contribution in [-0.2, 0) is 6.54 Å². The van der Waals surface area contributed by atoms with Crippen molar-refractivity contribution in [3.05, 3.63) is 32.1 Å². The van der Waals surface area contributed by atoms with E-state index in [0.29, 0.717) is 0 Å². The van der Waals surface area contributed by atoms with Gasteiger partial charge in [0.05, 0.1) is 4.92 Å². The third-order valence-corrected chi connectivity index (χ3v) is 1.94. The van der Waals surface area contributed by atoms with Crippen molar-refractivity contribution in [1.82, 2.24) is 4.57 Å². The Morgan fingerprint density at radius 3 is 2.64 bits per heavy atom. The van der Waals surface area contributed by atoms with E-state index >= 15 is 0 Å². The summed E-state index contributed by atoms with van der Waals surface area (Å²) in [6.07, 6.45) is 0. The van der Waals surface area contributed by atoms with Crippen LogP contribution in [0.3, 0.4) is 0 Å². The Morgan fingerprint density at radius 2 is 2.21 bits per heavy atom. The molecule has 1 heterocycles. The number of hydrogen-bond acceptors (Lipinski definition) is 4. The van der Waals surface area contributed by atoms with Crippen LogP contribution in [0.4, 0.5) is 5.69 Å². The minimum atomic E-state index is -0.769. The van der Waals surface area contributed by atoms with Gasteiger partial charge in [0.1, 0.15) is 0 Å². The lowest BCUT2D eigenvalue weighted by molar-refractivity contribution is -0.387. The van der Waals surface area contributed by atoms with Crippen molar-refractivity contribution < 1.29 is 10.0 Å². The highest BCUT2D eigenvalue weighted by atomic mass is 16.6. The molecular formula is C8H10N2O4. The van der Waals surface area contributed by atoms with E-state index in [4.69, 9.17) is 0 Å². The van der Waals surface area contributed by atoms with Crippen molar-refractivity contribution >= 4 is 5.69 Å². The zero-order valence-electron chi connectivity index (χ0n) is 7.85. The van der Waals surface area contributed by atoms with E-state index in [1.807, 2.05) is 0 Å². The highest BCUT2D eigenvalue weighted by Crippen LogP contribution is 2.17. The first kappa shape index (κ1) is 10.2. The Bertz CT molecular complexity index is 436. The van der Waals surface area contributed by atoms with Crippen LogP contribution in [-0.4, -0.2) is 14.6 Å². The highest BCUT2D eigenvalue weighted by molar-refractivity contribution is 5.39. The van der Waals surface area contributed by atoms with E-state index in [-0.39, 0.29) is 18.0 Å². The predicted octanol–water partition coefficient (Wildman–Crippen LogP) is 0.790. The van der Waals surface area contributed by atoms with Crippen LogP contribution < -0.4 is 5.56 Å². The van der Waals surface area contributed by atoms with E-state index in [2.05, 4.69) is 0 Å². The van der Waals surface area contributed by atoms with Gasteiger partial charge in [-0.15, -0.1) is 0 Å². The summed E-state index contributed by atoms with van der Waals surface area (Å²) < 4.78 is 0.950. The smallest absolute Gasteiger partial charge is 0.337 e. The lowest BCUT2D eigenvalue weighted by Crippen LogP contribution is -2.22. The first-order valence-electron chi connectivity index (χ1n) is 4.06. The monoisotopic (exact) mass is 198 g/mol. The molecule has 0 radical (unpaired) electrons. The minimum Gasteiger partial charge on any atom is -0.494 e. The molecule has 0 aromatic carbocycles. The fourth-order valence-electron chi connectivity index (χ4n) is 1.27. The van der Waals surface area contributed by atoms with Crippen LogP contribution in [0.15, 0.2) is 10.9 Å². The number of nitro groups is 1. The van der Waals surface area contributed by atoms with Gasteiger partial charge in [-0.05, 0) is 13.8 Å². The summed E-state index contributed by atoms with van der Waals surface area (Å²) in [5.74, 6) is -0.249. The number of hydrogen-bond donors (Lipinski definition) is 1. The fourth-order valence-corrected chi connectivity index (χ4v) is 1.27. The second-order valence-electron chi connectivity index (χ2n) is 2.84. The molecule has 0 aliphatic heterocycles. The van der Waals surface area contributed by atoms with Crippen molar-refractivity contribution in [2.24, 2.45) is 0 Å².